The lowest BCUT2D eigenvalue weighted by molar-refractivity contribution is -0.130. The van der Waals surface area contributed by atoms with Crippen LogP contribution in [0.3, 0.4) is 0 Å². The minimum absolute atomic E-state index is 0.0172. The molecule has 2 aromatic heterocycles. The number of phenols is 1. The molecule has 9 nitrogen and oxygen atoms in total. The Bertz CT molecular complexity index is 1980. The Morgan fingerprint density at radius 3 is 2.40 bits per heavy atom. The number of benzene rings is 1. The molecule has 3 atom stereocenters. The van der Waals surface area contributed by atoms with Gasteiger partial charge >= 0.3 is 0 Å². The molecule has 0 saturated carbocycles. The normalized spacial score (nSPS) is 19.7. The molecule has 47 heavy (non-hydrogen) atoms. The van der Waals surface area contributed by atoms with E-state index in [2.05, 4.69) is 18.0 Å². The Kier molecular flexibility index (Phi) is 9.59. The van der Waals surface area contributed by atoms with E-state index in [0.717, 1.165) is 5.57 Å². The van der Waals surface area contributed by atoms with Gasteiger partial charge in [0.05, 0.1) is 43.8 Å². The number of nitrogens with one attached hydrogen (secondary N) is 1. The van der Waals surface area contributed by atoms with Crippen LogP contribution in [0.25, 0.3) is 28.0 Å². The standard InChI is InChI=1S/C33H31Cl4FN6O3/c1-7-21(45)43-16(5)12-42(13-17(43)6)30-18-10-20(34)28(22-26(38)24(36)23(35)25(37)31(22)46)41-32(18)44(33(47)19(30)11-39)29-15(4)8-9-40-27(29)14(2)3/h7-10,14,16-17,27,40,46H,1,12-13H2,2-6H3/t16-,17+,27-/m1/s1. The Morgan fingerprint density at radius 2 is 1.83 bits per heavy atom. The van der Waals surface area contributed by atoms with Gasteiger partial charge in [0.2, 0.25) is 5.91 Å². The van der Waals surface area contributed by atoms with Crippen LogP contribution in [0, 0.1) is 23.1 Å². The number of hydrogen-bond donors (Lipinski definition) is 2. The predicted octanol–water partition coefficient (Wildman–Crippen LogP) is 7.38. The molecule has 1 amide bonds. The number of fused-ring (bicyclic) bond motifs is 1. The molecule has 5 rings (SSSR count). The summed E-state index contributed by atoms with van der Waals surface area (Å²) in [5, 5.41) is 23.6. The van der Waals surface area contributed by atoms with E-state index in [1.54, 1.807) is 17.2 Å². The van der Waals surface area contributed by atoms with Crippen molar-refractivity contribution >= 4 is 74.7 Å². The van der Waals surface area contributed by atoms with Gasteiger partial charge in [-0.1, -0.05) is 66.8 Å². The fourth-order valence-electron chi connectivity index (χ4n) is 6.49. The van der Waals surface area contributed by atoms with Gasteiger partial charge < -0.3 is 20.2 Å². The zero-order valence-electron chi connectivity index (χ0n) is 26.1. The first-order chi connectivity index (χ1) is 22.2. The Labute approximate surface area is 291 Å². The number of amides is 1. The number of phenolic OH excluding ortho intramolecular Hbond substituents is 1. The number of carbonyl (C=O) groups is 1. The number of aromatic hydroxyl groups is 1. The van der Waals surface area contributed by atoms with Crippen LogP contribution in [-0.4, -0.2) is 56.7 Å². The average molecular weight is 720 g/mol. The minimum Gasteiger partial charge on any atom is -0.506 e. The number of rotatable bonds is 5. The summed E-state index contributed by atoms with van der Waals surface area (Å²) in [5.74, 6) is -2.10. The van der Waals surface area contributed by atoms with Crippen molar-refractivity contribution in [1.82, 2.24) is 19.8 Å². The summed E-state index contributed by atoms with van der Waals surface area (Å²) in [5.41, 5.74) is 0.00110. The number of anilines is 1. The average Bonchev–Trinajstić information content (AvgIpc) is 3.02. The van der Waals surface area contributed by atoms with Gasteiger partial charge in [0, 0.05) is 30.6 Å². The van der Waals surface area contributed by atoms with Crippen molar-refractivity contribution < 1.29 is 14.3 Å². The lowest BCUT2D eigenvalue weighted by atomic mass is 9.94. The molecule has 0 radical (unpaired) electrons. The number of nitriles is 1. The second kappa shape index (κ2) is 13.0. The summed E-state index contributed by atoms with van der Waals surface area (Å²) in [7, 11) is 0. The molecule has 1 fully saturated rings. The summed E-state index contributed by atoms with van der Waals surface area (Å²) >= 11 is 25.2. The third kappa shape index (κ3) is 5.63. The number of piperazine rings is 1. The highest BCUT2D eigenvalue weighted by atomic mass is 35.5. The monoisotopic (exact) mass is 718 g/mol. The summed E-state index contributed by atoms with van der Waals surface area (Å²) in [4.78, 5) is 35.5. The fourth-order valence-corrected chi connectivity index (χ4v) is 7.33. The maximum atomic E-state index is 15.7. The second-order valence-electron chi connectivity index (χ2n) is 12.0. The number of dihydropyridines is 1. The van der Waals surface area contributed by atoms with Gasteiger partial charge in [-0.15, -0.1) is 0 Å². The maximum absolute atomic E-state index is 15.7. The molecule has 2 N–H and O–H groups in total. The molecule has 0 aliphatic carbocycles. The number of halogens is 5. The van der Waals surface area contributed by atoms with Crippen molar-refractivity contribution in [1.29, 1.82) is 5.26 Å². The van der Waals surface area contributed by atoms with Crippen LogP contribution in [0.1, 0.15) is 40.2 Å². The van der Waals surface area contributed by atoms with E-state index in [1.807, 2.05) is 39.5 Å². The Morgan fingerprint density at radius 1 is 1.19 bits per heavy atom. The molecular formula is C33H31Cl4FN6O3. The van der Waals surface area contributed by atoms with E-state index in [4.69, 9.17) is 51.4 Å². The highest BCUT2D eigenvalue weighted by Gasteiger charge is 2.36. The van der Waals surface area contributed by atoms with Crippen LogP contribution in [-0.2, 0) is 4.79 Å². The second-order valence-corrected chi connectivity index (χ2v) is 13.5. The van der Waals surface area contributed by atoms with Gasteiger partial charge in [-0.3, -0.25) is 14.2 Å². The lowest BCUT2D eigenvalue weighted by Gasteiger charge is -2.45. The van der Waals surface area contributed by atoms with Crippen molar-refractivity contribution in [2.24, 2.45) is 5.92 Å². The lowest BCUT2D eigenvalue weighted by Crippen LogP contribution is -2.58. The van der Waals surface area contributed by atoms with E-state index in [-0.39, 0.29) is 75.7 Å². The van der Waals surface area contributed by atoms with E-state index in [0.29, 0.717) is 11.1 Å². The Balaban J connectivity index is 1.92. The van der Waals surface area contributed by atoms with Gasteiger partial charge in [0.25, 0.3) is 5.56 Å². The number of hydrogen-bond acceptors (Lipinski definition) is 7. The van der Waals surface area contributed by atoms with Gasteiger partial charge in [0.1, 0.15) is 28.1 Å². The van der Waals surface area contributed by atoms with Crippen molar-refractivity contribution in [3.05, 3.63) is 78.4 Å². The molecule has 246 valence electrons. The third-order valence-corrected chi connectivity index (χ3v) is 10.1. The molecular weight excluding hydrogens is 689 g/mol. The number of allylic oxidation sites excluding steroid dienone is 2. The first-order valence-electron chi connectivity index (χ1n) is 14.7. The van der Waals surface area contributed by atoms with Crippen LogP contribution in [0.15, 0.2) is 41.4 Å². The molecule has 0 unspecified atom stereocenters. The van der Waals surface area contributed by atoms with Crippen molar-refractivity contribution in [3.63, 3.8) is 0 Å². The van der Waals surface area contributed by atoms with Gasteiger partial charge in [-0.05, 0) is 56.7 Å². The minimum atomic E-state index is -1.11. The van der Waals surface area contributed by atoms with E-state index in [9.17, 15) is 20.0 Å². The molecule has 1 saturated heterocycles. The molecule has 0 bridgehead atoms. The number of carbonyl (C=O) groups excluding carboxylic acids is 1. The number of nitrogens with zero attached hydrogens (tertiary/aromatic N) is 5. The fraction of sp³-hybridized carbons (Fsp3) is 0.333. The molecule has 0 spiro atoms. The smallest absolute Gasteiger partial charge is 0.276 e. The summed E-state index contributed by atoms with van der Waals surface area (Å²) < 4.78 is 17.1. The van der Waals surface area contributed by atoms with Gasteiger partial charge in [0.15, 0.2) is 5.82 Å². The molecule has 3 aromatic rings. The number of pyridine rings is 2. The highest BCUT2D eigenvalue weighted by molar-refractivity contribution is 6.49. The highest BCUT2D eigenvalue weighted by Crippen LogP contribution is 2.48. The van der Waals surface area contributed by atoms with Crippen LogP contribution < -0.4 is 15.8 Å². The zero-order valence-corrected chi connectivity index (χ0v) is 29.2. The molecule has 2 aliphatic rings. The third-order valence-electron chi connectivity index (χ3n) is 8.55. The van der Waals surface area contributed by atoms with Crippen molar-refractivity contribution in [2.75, 3.05) is 18.0 Å². The summed E-state index contributed by atoms with van der Waals surface area (Å²) in [6, 6.07) is 2.58. The molecule has 1 aromatic carbocycles. The Hall–Kier alpha value is -3.75. The van der Waals surface area contributed by atoms with E-state index >= 15 is 4.39 Å². The molecule has 14 heteroatoms. The van der Waals surface area contributed by atoms with Crippen LogP contribution >= 0.6 is 46.4 Å². The SMILES string of the molecule is C=CC(=O)N1[C@H](C)CN(c2c(C#N)c(=O)n(C3=C(C)C=CN[C@@H]3C(C)C)c3nc(-c4c(O)c(Cl)c(Cl)c(Cl)c4F)c(Cl)cc23)C[C@@H]1C. The topological polar surface area (TPSA) is 114 Å². The number of aromatic nitrogens is 2. The predicted molar refractivity (Wildman–Crippen MR) is 186 cm³/mol. The largest absolute Gasteiger partial charge is 0.506 e. The van der Waals surface area contributed by atoms with Crippen LogP contribution in [0.4, 0.5) is 10.1 Å². The quantitative estimate of drug-likeness (QED) is 0.161. The summed E-state index contributed by atoms with van der Waals surface area (Å²) in [6.45, 7) is 13.7. The summed E-state index contributed by atoms with van der Waals surface area (Å²) in [6.07, 6.45) is 4.83. The van der Waals surface area contributed by atoms with Crippen LogP contribution in [0.2, 0.25) is 20.1 Å². The van der Waals surface area contributed by atoms with E-state index in [1.165, 1.54) is 16.7 Å². The molecule has 4 heterocycles. The van der Waals surface area contributed by atoms with E-state index < -0.39 is 32.7 Å². The zero-order chi connectivity index (χ0) is 34.6. The van der Waals surface area contributed by atoms with Crippen LogP contribution in [0.5, 0.6) is 5.75 Å². The molecule has 2 aliphatic heterocycles. The van der Waals surface area contributed by atoms with Crippen molar-refractivity contribution in [3.8, 4) is 23.1 Å². The first kappa shape index (κ1) is 34.6. The maximum Gasteiger partial charge on any atom is 0.276 e. The van der Waals surface area contributed by atoms with Crippen molar-refractivity contribution in [2.45, 2.75) is 52.7 Å². The first-order valence-corrected chi connectivity index (χ1v) is 16.2. The van der Waals surface area contributed by atoms with Gasteiger partial charge in [-0.25, -0.2) is 9.37 Å². The van der Waals surface area contributed by atoms with Gasteiger partial charge in [-0.2, -0.15) is 5.26 Å².